The standard InChI is InChI=1S/C10H11NO2/c1-7(12)9-5-8(6-11)3-4-10(9)13-2/h3-5,7,12H,1-2H3. The number of aliphatic hydroxyl groups excluding tert-OH is 1. The van der Waals surface area contributed by atoms with Crippen LogP contribution in [-0.2, 0) is 0 Å². The minimum absolute atomic E-state index is 0.525. The fourth-order valence-electron chi connectivity index (χ4n) is 1.13. The highest BCUT2D eigenvalue weighted by Crippen LogP contribution is 2.25. The molecule has 0 aliphatic carbocycles. The third-order valence-electron chi connectivity index (χ3n) is 1.81. The summed E-state index contributed by atoms with van der Waals surface area (Å²) in [6, 6.07) is 6.97. The van der Waals surface area contributed by atoms with E-state index in [1.807, 2.05) is 6.07 Å². The Morgan fingerprint density at radius 1 is 1.54 bits per heavy atom. The Morgan fingerprint density at radius 2 is 2.23 bits per heavy atom. The number of benzene rings is 1. The van der Waals surface area contributed by atoms with Crippen LogP contribution >= 0.6 is 0 Å². The molecule has 0 radical (unpaired) electrons. The van der Waals surface area contributed by atoms with Crippen molar-refractivity contribution >= 4 is 0 Å². The van der Waals surface area contributed by atoms with Crippen LogP contribution in [0.25, 0.3) is 0 Å². The molecule has 1 N–H and O–H groups in total. The van der Waals surface area contributed by atoms with Gasteiger partial charge in [-0.15, -0.1) is 0 Å². The summed E-state index contributed by atoms with van der Waals surface area (Å²) in [7, 11) is 1.53. The van der Waals surface area contributed by atoms with Crippen molar-refractivity contribution in [2.75, 3.05) is 7.11 Å². The van der Waals surface area contributed by atoms with Crippen molar-refractivity contribution in [1.82, 2.24) is 0 Å². The molecule has 3 heteroatoms. The zero-order chi connectivity index (χ0) is 9.84. The lowest BCUT2D eigenvalue weighted by atomic mass is 10.1. The van der Waals surface area contributed by atoms with Gasteiger partial charge in [0.15, 0.2) is 0 Å². The molecule has 1 atom stereocenters. The predicted octanol–water partition coefficient (Wildman–Crippen LogP) is 1.62. The normalized spacial score (nSPS) is 11.8. The molecule has 0 heterocycles. The number of rotatable bonds is 2. The van der Waals surface area contributed by atoms with Gasteiger partial charge in [0.25, 0.3) is 0 Å². The van der Waals surface area contributed by atoms with E-state index in [1.165, 1.54) is 7.11 Å². The lowest BCUT2D eigenvalue weighted by Gasteiger charge is -2.10. The Bertz CT molecular complexity index is 339. The SMILES string of the molecule is COc1ccc(C#N)cc1C(C)O. The lowest BCUT2D eigenvalue weighted by molar-refractivity contribution is 0.194. The summed E-state index contributed by atoms with van der Waals surface area (Å²) in [6.45, 7) is 1.64. The summed E-state index contributed by atoms with van der Waals surface area (Å²) in [5.41, 5.74) is 1.17. The van der Waals surface area contributed by atoms with Crippen molar-refractivity contribution in [3.05, 3.63) is 29.3 Å². The van der Waals surface area contributed by atoms with Gasteiger partial charge in [-0.05, 0) is 25.1 Å². The van der Waals surface area contributed by atoms with Gasteiger partial charge in [0.1, 0.15) is 5.75 Å². The van der Waals surface area contributed by atoms with Crippen LogP contribution in [-0.4, -0.2) is 12.2 Å². The van der Waals surface area contributed by atoms with Gasteiger partial charge in [0.2, 0.25) is 0 Å². The Balaban J connectivity index is 3.20. The maximum absolute atomic E-state index is 9.37. The number of nitriles is 1. The number of methoxy groups -OCH3 is 1. The van der Waals surface area contributed by atoms with Crippen LogP contribution in [0, 0.1) is 11.3 Å². The average Bonchev–Trinajstić information content (AvgIpc) is 2.16. The van der Waals surface area contributed by atoms with Gasteiger partial charge < -0.3 is 9.84 Å². The van der Waals surface area contributed by atoms with E-state index in [0.717, 1.165) is 0 Å². The van der Waals surface area contributed by atoms with Gasteiger partial charge in [0, 0.05) is 5.56 Å². The minimum Gasteiger partial charge on any atom is -0.496 e. The Morgan fingerprint density at radius 3 is 2.69 bits per heavy atom. The maximum atomic E-state index is 9.37. The molecule has 0 aliphatic rings. The molecule has 1 aromatic rings. The summed E-state index contributed by atoms with van der Waals surface area (Å²) in [5.74, 6) is 0.606. The van der Waals surface area contributed by atoms with Crippen molar-refractivity contribution in [3.8, 4) is 11.8 Å². The van der Waals surface area contributed by atoms with E-state index in [0.29, 0.717) is 16.9 Å². The second-order valence-corrected chi connectivity index (χ2v) is 2.74. The van der Waals surface area contributed by atoms with Gasteiger partial charge in [0.05, 0.1) is 24.8 Å². The summed E-state index contributed by atoms with van der Waals surface area (Å²) in [4.78, 5) is 0. The molecule has 0 saturated carbocycles. The molecule has 0 spiro atoms. The van der Waals surface area contributed by atoms with Crippen LogP contribution in [0.3, 0.4) is 0 Å². The van der Waals surface area contributed by atoms with E-state index >= 15 is 0 Å². The van der Waals surface area contributed by atoms with Gasteiger partial charge in [-0.2, -0.15) is 5.26 Å². The highest BCUT2D eigenvalue weighted by Gasteiger charge is 2.08. The van der Waals surface area contributed by atoms with Crippen LogP contribution in [0.15, 0.2) is 18.2 Å². The number of nitrogens with zero attached hydrogens (tertiary/aromatic N) is 1. The largest absolute Gasteiger partial charge is 0.496 e. The smallest absolute Gasteiger partial charge is 0.124 e. The Hall–Kier alpha value is -1.53. The second-order valence-electron chi connectivity index (χ2n) is 2.74. The number of ether oxygens (including phenoxy) is 1. The third kappa shape index (κ3) is 1.98. The summed E-state index contributed by atoms with van der Waals surface area (Å²) >= 11 is 0. The topological polar surface area (TPSA) is 53.2 Å². The zero-order valence-electron chi connectivity index (χ0n) is 7.61. The predicted molar refractivity (Wildman–Crippen MR) is 48.3 cm³/mol. The van der Waals surface area contributed by atoms with Crippen LogP contribution in [0.1, 0.15) is 24.2 Å². The average molecular weight is 177 g/mol. The van der Waals surface area contributed by atoms with E-state index in [2.05, 4.69) is 0 Å². The van der Waals surface area contributed by atoms with Gasteiger partial charge in [-0.1, -0.05) is 0 Å². The van der Waals surface area contributed by atoms with E-state index < -0.39 is 6.10 Å². The molecule has 13 heavy (non-hydrogen) atoms. The van der Waals surface area contributed by atoms with E-state index in [1.54, 1.807) is 25.1 Å². The molecule has 0 aliphatic heterocycles. The van der Waals surface area contributed by atoms with Gasteiger partial charge >= 0.3 is 0 Å². The fraction of sp³-hybridized carbons (Fsp3) is 0.300. The van der Waals surface area contributed by atoms with Crippen molar-refractivity contribution in [2.45, 2.75) is 13.0 Å². The molecule has 0 aromatic heterocycles. The van der Waals surface area contributed by atoms with E-state index in [4.69, 9.17) is 10.00 Å². The molecule has 0 fully saturated rings. The van der Waals surface area contributed by atoms with Crippen LogP contribution < -0.4 is 4.74 Å². The van der Waals surface area contributed by atoms with Crippen molar-refractivity contribution in [1.29, 1.82) is 5.26 Å². The first kappa shape index (κ1) is 9.56. The van der Waals surface area contributed by atoms with Crippen LogP contribution in [0.5, 0.6) is 5.75 Å². The number of hydrogen-bond donors (Lipinski definition) is 1. The quantitative estimate of drug-likeness (QED) is 0.746. The monoisotopic (exact) mass is 177 g/mol. The molecular weight excluding hydrogens is 166 g/mol. The lowest BCUT2D eigenvalue weighted by Crippen LogP contribution is -1.96. The molecule has 68 valence electrons. The Labute approximate surface area is 77.2 Å². The molecule has 3 nitrogen and oxygen atoms in total. The van der Waals surface area contributed by atoms with Crippen molar-refractivity contribution in [3.63, 3.8) is 0 Å². The fourth-order valence-corrected chi connectivity index (χ4v) is 1.13. The summed E-state index contributed by atoms with van der Waals surface area (Å²) in [5, 5.41) is 18.0. The van der Waals surface area contributed by atoms with E-state index in [-0.39, 0.29) is 0 Å². The van der Waals surface area contributed by atoms with Gasteiger partial charge in [-0.25, -0.2) is 0 Å². The molecular formula is C10H11NO2. The van der Waals surface area contributed by atoms with Crippen molar-refractivity contribution in [2.24, 2.45) is 0 Å². The molecule has 1 aromatic carbocycles. The first-order chi connectivity index (χ1) is 6.19. The van der Waals surface area contributed by atoms with E-state index in [9.17, 15) is 5.11 Å². The minimum atomic E-state index is -0.622. The molecule has 0 amide bonds. The summed E-state index contributed by atoms with van der Waals surface area (Å²) in [6.07, 6.45) is -0.622. The van der Waals surface area contributed by atoms with Crippen LogP contribution in [0.4, 0.5) is 0 Å². The summed E-state index contributed by atoms with van der Waals surface area (Å²) < 4.78 is 5.04. The zero-order valence-corrected chi connectivity index (χ0v) is 7.61. The van der Waals surface area contributed by atoms with Crippen molar-refractivity contribution < 1.29 is 9.84 Å². The third-order valence-corrected chi connectivity index (χ3v) is 1.81. The van der Waals surface area contributed by atoms with Crippen LogP contribution in [0.2, 0.25) is 0 Å². The number of hydrogen-bond acceptors (Lipinski definition) is 3. The molecule has 0 bridgehead atoms. The molecule has 0 saturated heterocycles. The molecule has 1 rings (SSSR count). The first-order valence-electron chi connectivity index (χ1n) is 3.95. The highest BCUT2D eigenvalue weighted by molar-refractivity contribution is 5.42. The Kier molecular flexibility index (Phi) is 2.88. The first-order valence-corrected chi connectivity index (χ1v) is 3.95. The maximum Gasteiger partial charge on any atom is 0.124 e. The highest BCUT2D eigenvalue weighted by atomic mass is 16.5. The van der Waals surface area contributed by atoms with Gasteiger partial charge in [-0.3, -0.25) is 0 Å². The molecule has 1 unspecified atom stereocenters. The second kappa shape index (κ2) is 3.92. The number of aliphatic hydroxyl groups is 1.